The summed E-state index contributed by atoms with van der Waals surface area (Å²) in [6, 6.07) is 97.4. The van der Waals surface area contributed by atoms with Crippen molar-refractivity contribution in [1.82, 2.24) is 0 Å². The molecule has 0 atom stereocenters. The average molecular weight is 829 g/mol. The van der Waals surface area contributed by atoms with Crippen LogP contribution in [-0.4, -0.2) is 0 Å². The van der Waals surface area contributed by atoms with Crippen LogP contribution in [0.5, 0.6) is 0 Å². The molecule has 0 aromatic heterocycles. The third-order valence-corrected chi connectivity index (χ3v) is 13.3. The maximum atomic E-state index is 2.44. The molecule has 0 spiro atoms. The van der Waals surface area contributed by atoms with Crippen LogP contribution in [0.4, 0.5) is 34.1 Å². The van der Waals surface area contributed by atoms with Crippen LogP contribution < -0.4 is 9.80 Å². The molecule has 306 valence electrons. The summed E-state index contributed by atoms with van der Waals surface area (Å²) in [6.07, 6.45) is 0. The van der Waals surface area contributed by atoms with Crippen molar-refractivity contribution in [2.75, 3.05) is 9.80 Å². The highest BCUT2D eigenvalue weighted by molar-refractivity contribution is 6.09. The normalized spacial score (nSPS) is 12.4. The predicted octanol–water partition coefficient (Wildman–Crippen LogP) is 17.0. The molecule has 12 rings (SSSR count). The number of hydrogen-bond donors (Lipinski definition) is 0. The van der Waals surface area contributed by atoms with Crippen LogP contribution in [0.2, 0.25) is 0 Å². The van der Waals surface area contributed by atoms with Crippen LogP contribution >= 0.6 is 0 Å². The van der Waals surface area contributed by atoms with E-state index >= 15 is 0 Å². The second-order valence-electron chi connectivity index (χ2n) is 16.8. The second kappa shape index (κ2) is 16.0. The van der Waals surface area contributed by atoms with Gasteiger partial charge in [-0.3, -0.25) is 0 Å². The van der Waals surface area contributed by atoms with E-state index in [1.54, 1.807) is 0 Å². The summed E-state index contributed by atoms with van der Waals surface area (Å²) in [7, 11) is 0. The van der Waals surface area contributed by atoms with E-state index in [4.69, 9.17) is 0 Å². The van der Waals surface area contributed by atoms with Gasteiger partial charge < -0.3 is 9.80 Å². The molecule has 0 radical (unpaired) electrons. The molecule has 0 N–H and O–H groups in total. The van der Waals surface area contributed by atoms with Crippen molar-refractivity contribution in [3.8, 4) is 22.3 Å². The standard InChI is InChI=1S/C63H44N2/c1-5-22-47(23-6-1)63(48-24-7-2-8-25-48)59-34-18-17-32-56(59)57-41-40-52(44-60(57)63)64(49-26-9-3-10-27-49)51-38-36-46(37-39-51)53-42-43-62(58-33-16-15-31-55(53)58)65(50-28-11-4-12-29-50)61-35-19-21-45-20-13-14-30-54(45)61/h1-44H. The number of para-hydroxylation sites is 2. The van der Waals surface area contributed by atoms with E-state index in [2.05, 4.69) is 277 Å². The van der Waals surface area contributed by atoms with E-state index in [0.717, 1.165) is 39.7 Å². The van der Waals surface area contributed by atoms with Gasteiger partial charge in [0.05, 0.1) is 16.8 Å². The summed E-state index contributed by atoms with van der Waals surface area (Å²) in [5.74, 6) is 0. The molecule has 11 aromatic carbocycles. The minimum Gasteiger partial charge on any atom is -0.310 e. The van der Waals surface area contributed by atoms with Gasteiger partial charge in [-0.2, -0.15) is 0 Å². The van der Waals surface area contributed by atoms with E-state index in [1.807, 2.05) is 0 Å². The zero-order valence-corrected chi connectivity index (χ0v) is 35.8. The molecular formula is C63H44N2. The Hall–Kier alpha value is -8.46. The smallest absolute Gasteiger partial charge is 0.0714 e. The van der Waals surface area contributed by atoms with Gasteiger partial charge in [0, 0.05) is 33.5 Å². The Morgan fingerprint density at radius 2 is 0.738 bits per heavy atom. The molecule has 1 aliphatic rings. The first-order valence-electron chi connectivity index (χ1n) is 22.4. The third kappa shape index (κ3) is 6.33. The lowest BCUT2D eigenvalue weighted by Crippen LogP contribution is -2.28. The maximum absolute atomic E-state index is 2.44. The van der Waals surface area contributed by atoms with E-state index in [-0.39, 0.29) is 0 Å². The van der Waals surface area contributed by atoms with E-state index < -0.39 is 5.41 Å². The fourth-order valence-electron chi connectivity index (χ4n) is 10.5. The number of nitrogens with zero attached hydrogens (tertiary/aromatic N) is 2. The summed E-state index contributed by atoms with van der Waals surface area (Å²) < 4.78 is 0. The van der Waals surface area contributed by atoms with Crippen LogP contribution in [0.25, 0.3) is 43.8 Å². The lowest BCUT2D eigenvalue weighted by molar-refractivity contribution is 0.768. The molecule has 0 fully saturated rings. The van der Waals surface area contributed by atoms with Crippen molar-refractivity contribution < 1.29 is 0 Å². The van der Waals surface area contributed by atoms with Crippen molar-refractivity contribution >= 4 is 55.7 Å². The summed E-state index contributed by atoms with van der Waals surface area (Å²) in [5.41, 5.74) is 16.2. The largest absolute Gasteiger partial charge is 0.310 e. The Morgan fingerprint density at radius 3 is 1.43 bits per heavy atom. The van der Waals surface area contributed by atoms with Crippen LogP contribution in [0, 0.1) is 0 Å². The average Bonchev–Trinajstić information content (AvgIpc) is 3.68. The van der Waals surface area contributed by atoms with Crippen LogP contribution in [0.1, 0.15) is 22.3 Å². The molecule has 0 bridgehead atoms. The summed E-state index contributed by atoms with van der Waals surface area (Å²) in [4.78, 5) is 4.81. The SMILES string of the molecule is c1ccc(N(c2ccc(-c3ccc(N(c4ccccc4)c4cccc5ccccc45)c4ccccc34)cc2)c2ccc3c(c2)C(c2ccccc2)(c2ccccc2)c2ccccc2-3)cc1. The van der Waals surface area contributed by atoms with Crippen molar-refractivity contribution in [2.24, 2.45) is 0 Å². The molecule has 0 saturated carbocycles. The molecule has 0 amide bonds. The van der Waals surface area contributed by atoms with Gasteiger partial charge in [0.1, 0.15) is 0 Å². The van der Waals surface area contributed by atoms with E-state index in [0.29, 0.717) is 0 Å². The van der Waals surface area contributed by atoms with Gasteiger partial charge in [0.2, 0.25) is 0 Å². The zero-order valence-electron chi connectivity index (χ0n) is 35.8. The van der Waals surface area contributed by atoms with Crippen LogP contribution in [0.15, 0.2) is 267 Å². The molecule has 0 unspecified atom stereocenters. The molecule has 1 aliphatic carbocycles. The van der Waals surface area contributed by atoms with Crippen LogP contribution in [-0.2, 0) is 5.41 Å². The summed E-state index contributed by atoms with van der Waals surface area (Å²) >= 11 is 0. The predicted molar refractivity (Wildman–Crippen MR) is 274 cm³/mol. The molecular weight excluding hydrogens is 785 g/mol. The van der Waals surface area contributed by atoms with E-state index in [1.165, 1.54) is 60.5 Å². The fraction of sp³-hybridized carbons (Fsp3) is 0.0159. The number of fused-ring (bicyclic) bond motifs is 5. The molecule has 65 heavy (non-hydrogen) atoms. The quantitative estimate of drug-likeness (QED) is 0.143. The monoisotopic (exact) mass is 828 g/mol. The minimum atomic E-state index is -0.492. The van der Waals surface area contributed by atoms with Gasteiger partial charge >= 0.3 is 0 Å². The third-order valence-electron chi connectivity index (χ3n) is 13.3. The second-order valence-corrected chi connectivity index (χ2v) is 16.8. The number of rotatable bonds is 9. The van der Waals surface area contributed by atoms with Crippen LogP contribution in [0.3, 0.4) is 0 Å². The number of anilines is 6. The molecule has 0 aliphatic heterocycles. The first-order chi connectivity index (χ1) is 32.3. The highest BCUT2D eigenvalue weighted by atomic mass is 15.1. The van der Waals surface area contributed by atoms with Gasteiger partial charge in [-0.25, -0.2) is 0 Å². The van der Waals surface area contributed by atoms with Crippen molar-refractivity contribution in [1.29, 1.82) is 0 Å². The summed E-state index contributed by atoms with van der Waals surface area (Å²) in [6.45, 7) is 0. The fourth-order valence-corrected chi connectivity index (χ4v) is 10.5. The first-order valence-corrected chi connectivity index (χ1v) is 22.4. The van der Waals surface area contributed by atoms with Gasteiger partial charge in [-0.1, -0.05) is 206 Å². The first kappa shape index (κ1) is 38.2. The Kier molecular flexibility index (Phi) is 9.43. The highest BCUT2D eigenvalue weighted by Gasteiger charge is 2.46. The number of benzene rings is 11. The van der Waals surface area contributed by atoms with Gasteiger partial charge in [-0.15, -0.1) is 0 Å². The highest BCUT2D eigenvalue weighted by Crippen LogP contribution is 2.57. The zero-order chi connectivity index (χ0) is 43.2. The topological polar surface area (TPSA) is 6.48 Å². The van der Waals surface area contributed by atoms with E-state index in [9.17, 15) is 0 Å². The Bertz CT molecular complexity index is 3430. The van der Waals surface area contributed by atoms with Crippen molar-refractivity contribution in [3.05, 3.63) is 289 Å². The molecule has 11 aromatic rings. The Morgan fingerprint density at radius 1 is 0.262 bits per heavy atom. The molecule has 0 saturated heterocycles. The van der Waals surface area contributed by atoms with Crippen molar-refractivity contribution in [3.63, 3.8) is 0 Å². The van der Waals surface area contributed by atoms with Crippen molar-refractivity contribution in [2.45, 2.75) is 5.41 Å². The lowest BCUT2D eigenvalue weighted by atomic mass is 9.67. The molecule has 2 nitrogen and oxygen atoms in total. The Labute approximate surface area is 380 Å². The maximum Gasteiger partial charge on any atom is 0.0714 e. The van der Waals surface area contributed by atoms with Gasteiger partial charge in [0.25, 0.3) is 0 Å². The minimum absolute atomic E-state index is 0.492. The van der Waals surface area contributed by atoms with Gasteiger partial charge in [-0.05, 0) is 116 Å². The molecule has 0 heterocycles. The molecule has 2 heteroatoms. The Balaban J connectivity index is 0.990. The lowest BCUT2D eigenvalue weighted by Gasteiger charge is -2.35. The summed E-state index contributed by atoms with van der Waals surface area (Å²) in [5, 5.41) is 4.82. The van der Waals surface area contributed by atoms with Gasteiger partial charge in [0.15, 0.2) is 0 Å². The number of hydrogen-bond acceptors (Lipinski definition) is 2.